The second-order valence-electron chi connectivity index (χ2n) is 3.42. The van der Waals surface area contributed by atoms with Gasteiger partial charge in [-0.2, -0.15) is 0 Å². The van der Waals surface area contributed by atoms with Crippen LogP contribution in [-0.4, -0.2) is 17.5 Å². The summed E-state index contributed by atoms with van der Waals surface area (Å²) in [6.45, 7) is 1.97. The minimum Gasteiger partial charge on any atom is -0.423 e. The molecule has 0 saturated heterocycles. The SMILES string of the molecule is CC1(CBr)OB(O)c2ccccc21. The van der Waals surface area contributed by atoms with Crippen LogP contribution >= 0.6 is 15.9 Å². The third kappa shape index (κ3) is 1.33. The van der Waals surface area contributed by atoms with Gasteiger partial charge in [0.05, 0.1) is 5.60 Å². The smallest absolute Gasteiger partial charge is 0.423 e. The molecule has 0 spiro atoms. The summed E-state index contributed by atoms with van der Waals surface area (Å²) < 4.78 is 5.48. The fourth-order valence-corrected chi connectivity index (χ4v) is 2.11. The van der Waals surface area contributed by atoms with Crippen LogP contribution in [0.4, 0.5) is 0 Å². The lowest BCUT2D eigenvalue weighted by Gasteiger charge is -2.22. The molecule has 1 atom stereocenters. The minimum atomic E-state index is -0.779. The molecule has 2 rings (SSSR count). The van der Waals surface area contributed by atoms with E-state index in [0.29, 0.717) is 5.33 Å². The Balaban J connectivity index is 2.53. The van der Waals surface area contributed by atoms with E-state index in [1.807, 2.05) is 31.2 Å². The highest BCUT2D eigenvalue weighted by Crippen LogP contribution is 2.31. The van der Waals surface area contributed by atoms with Crippen molar-refractivity contribution in [2.45, 2.75) is 12.5 Å². The summed E-state index contributed by atoms with van der Waals surface area (Å²) >= 11 is 3.39. The molecule has 1 aliphatic rings. The Morgan fingerprint density at radius 2 is 2.23 bits per heavy atom. The van der Waals surface area contributed by atoms with Crippen LogP contribution in [0, 0.1) is 0 Å². The Labute approximate surface area is 86.2 Å². The number of fused-ring (bicyclic) bond motifs is 1. The predicted octanol–water partition coefficient (Wildman–Crippen LogP) is 1.01. The Bertz CT molecular complexity index is 331. The van der Waals surface area contributed by atoms with Gasteiger partial charge in [-0.15, -0.1) is 0 Å². The lowest BCUT2D eigenvalue weighted by Crippen LogP contribution is -2.29. The van der Waals surface area contributed by atoms with Crippen LogP contribution in [0.1, 0.15) is 12.5 Å². The van der Waals surface area contributed by atoms with E-state index in [1.165, 1.54) is 0 Å². The molecule has 2 nitrogen and oxygen atoms in total. The molecule has 4 heteroatoms. The van der Waals surface area contributed by atoms with E-state index in [4.69, 9.17) is 4.65 Å². The fourth-order valence-electron chi connectivity index (χ4n) is 1.67. The topological polar surface area (TPSA) is 29.5 Å². The minimum absolute atomic E-state index is 0.393. The second kappa shape index (κ2) is 3.12. The molecule has 1 aromatic rings. The van der Waals surface area contributed by atoms with Crippen LogP contribution in [0.25, 0.3) is 0 Å². The molecule has 0 amide bonds. The van der Waals surface area contributed by atoms with Crippen molar-refractivity contribution >= 4 is 28.5 Å². The normalized spacial score (nSPS) is 26.2. The largest absolute Gasteiger partial charge is 0.492 e. The number of hydrogen-bond donors (Lipinski definition) is 1. The number of halogens is 1. The van der Waals surface area contributed by atoms with Gasteiger partial charge in [-0.3, -0.25) is 0 Å². The number of benzene rings is 1. The van der Waals surface area contributed by atoms with E-state index in [-0.39, 0.29) is 0 Å². The lowest BCUT2D eigenvalue weighted by molar-refractivity contribution is 0.107. The molecule has 0 aromatic heterocycles. The maximum absolute atomic E-state index is 9.61. The molecule has 68 valence electrons. The molecular formula is C9H10BBrO2. The average molecular weight is 241 g/mol. The summed E-state index contributed by atoms with van der Waals surface area (Å²) in [6, 6.07) is 7.76. The van der Waals surface area contributed by atoms with Crippen molar-refractivity contribution in [1.82, 2.24) is 0 Å². The van der Waals surface area contributed by atoms with Crippen molar-refractivity contribution in [3.05, 3.63) is 29.8 Å². The first-order valence-corrected chi connectivity index (χ1v) is 5.31. The number of hydrogen-bond acceptors (Lipinski definition) is 2. The molecule has 0 fully saturated rings. The van der Waals surface area contributed by atoms with Crippen molar-refractivity contribution in [1.29, 1.82) is 0 Å². The zero-order chi connectivity index (χ0) is 9.47. The summed E-state index contributed by atoms with van der Waals surface area (Å²) in [4.78, 5) is 0. The zero-order valence-corrected chi connectivity index (χ0v) is 8.91. The molecule has 0 bridgehead atoms. The van der Waals surface area contributed by atoms with E-state index in [1.54, 1.807) is 0 Å². The van der Waals surface area contributed by atoms with E-state index >= 15 is 0 Å². The summed E-state index contributed by atoms with van der Waals surface area (Å²) in [6.07, 6.45) is 0. The quantitative estimate of drug-likeness (QED) is 0.587. The van der Waals surface area contributed by atoms with Crippen molar-refractivity contribution in [3.8, 4) is 0 Å². The highest BCUT2D eigenvalue weighted by molar-refractivity contribution is 9.09. The summed E-state index contributed by atoms with van der Waals surface area (Å²) in [5.74, 6) is 0. The maximum atomic E-state index is 9.61. The van der Waals surface area contributed by atoms with Gasteiger partial charge >= 0.3 is 7.12 Å². The monoisotopic (exact) mass is 240 g/mol. The van der Waals surface area contributed by atoms with Crippen LogP contribution in [-0.2, 0) is 10.3 Å². The van der Waals surface area contributed by atoms with Crippen LogP contribution in [0.2, 0.25) is 0 Å². The third-order valence-electron chi connectivity index (χ3n) is 2.42. The molecule has 1 aromatic carbocycles. The highest BCUT2D eigenvalue weighted by Gasteiger charge is 2.42. The van der Waals surface area contributed by atoms with E-state index in [2.05, 4.69) is 15.9 Å². The van der Waals surface area contributed by atoms with Gasteiger partial charge in [0.25, 0.3) is 0 Å². The van der Waals surface area contributed by atoms with Crippen LogP contribution in [0.3, 0.4) is 0 Å². The predicted molar refractivity (Wildman–Crippen MR) is 56.3 cm³/mol. The molecule has 0 saturated carbocycles. The number of alkyl halides is 1. The van der Waals surface area contributed by atoms with Gasteiger partial charge in [-0.1, -0.05) is 40.2 Å². The van der Waals surface area contributed by atoms with Crippen LogP contribution in [0.5, 0.6) is 0 Å². The first-order valence-electron chi connectivity index (χ1n) is 4.18. The molecule has 0 aliphatic carbocycles. The summed E-state index contributed by atoms with van der Waals surface area (Å²) in [5.41, 5.74) is 1.56. The third-order valence-corrected chi connectivity index (χ3v) is 3.49. The van der Waals surface area contributed by atoms with Crippen molar-refractivity contribution in [2.24, 2.45) is 0 Å². The van der Waals surface area contributed by atoms with Gasteiger partial charge in [-0.25, -0.2) is 0 Å². The number of rotatable bonds is 1. The summed E-state index contributed by atoms with van der Waals surface area (Å²) in [5, 5.41) is 10.3. The molecule has 1 unspecified atom stereocenters. The van der Waals surface area contributed by atoms with E-state index in [0.717, 1.165) is 11.0 Å². The Morgan fingerprint density at radius 3 is 2.92 bits per heavy atom. The molecule has 1 N–H and O–H groups in total. The fraction of sp³-hybridized carbons (Fsp3) is 0.333. The second-order valence-corrected chi connectivity index (χ2v) is 3.98. The highest BCUT2D eigenvalue weighted by atomic mass is 79.9. The van der Waals surface area contributed by atoms with Crippen molar-refractivity contribution in [2.75, 3.05) is 5.33 Å². The molecular weight excluding hydrogens is 231 g/mol. The van der Waals surface area contributed by atoms with Crippen molar-refractivity contribution < 1.29 is 9.68 Å². The molecule has 1 heterocycles. The lowest BCUT2D eigenvalue weighted by atomic mass is 9.78. The standard InChI is InChI=1S/C9H10BBrO2/c1-9(6-11)7-4-2-3-5-8(7)10(12)13-9/h2-5,12H,6H2,1H3. The first-order chi connectivity index (χ1) is 6.17. The Hall–Kier alpha value is -0.315. The maximum Gasteiger partial charge on any atom is 0.492 e. The van der Waals surface area contributed by atoms with Gasteiger partial charge in [0.2, 0.25) is 0 Å². The average Bonchev–Trinajstić information content (AvgIpc) is 2.42. The zero-order valence-electron chi connectivity index (χ0n) is 7.33. The molecule has 1 aliphatic heterocycles. The molecule has 13 heavy (non-hydrogen) atoms. The van der Waals surface area contributed by atoms with Crippen molar-refractivity contribution in [3.63, 3.8) is 0 Å². The van der Waals surface area contributed by atoms with E-state index in [9.17, 15) is 5.02 Å². The first kappa shape index (κ1) is 9.25. The van der Waals surface area contributed by atoms with Crippen LogP contribution < -0.4 is 5.46 Å². The van der Waals surface area contributed by atoms with Gasteiger partial charge in [0.1, 0.15) is 0 Å². The Morgan fingerprint density at radius 1 is 1.54 bits per heavy atom. The van der Waals surface area contributed by atoms with Gasteiger partial charge in [0, 0.05) is 5.33 Å². The van der Waals surface area contributed by atoms with Gasteiger partial charge in [0.15, 0.2) is 0 Å². The van der Waals surface area contributed by atoms with Crippen LogP contribution in [0.15, 0.2) is 24.3 Å². The van der Waals surface area contributed by atoms with Gasteiger partial charge in [-0.05, 0) is 17.9 Å². The van der Waals surface area contributed by atoms with Gasteiger partial charge < -0.3 is 9.68 Å². The van der Waals surface area contributed by atoms with E-state index < -0.39 is 12.7 Å². The Kier molecular flexibility index (Phi) is 2.22. The summed E-state index contributed by atoms with van der Waals surface area (Å²) in [7, 11) is -0.779. The molecule has 0 radical (unpaired) electrons.